The fraction of sp³-hybridized carbons (Fsp3) is 0.409. The lowest BCUT2D eigenvalue weighted by Crippen LogP contribution is -2.51. The Labute approximate surface area is 175 Å². The van der Waals surface area contributed by atoms with Crippen LogP contribution >= 0.6 is 0 Å². The van der Waals surface area contributed by atoms with Gasteiger partial charge in [-0.2, -0.15) is 0 Å². The van der Waals surface area contributed by atoms with Gasteiger partial charge < -0.3 is 24.6 Å². The summed E-state index contributed by atoms with van der Waals surface area (Å²) in [6.45, 7) is 4.49. The maximum atomic E-state index is 13.3. The van der Waals surface area contributed by atoms with Crippen LogP contribution in [0.15, 0.2) is 36.5 Å². The van der Waals surface area contributed by atoms with Gasteiger partial charge in [-0.1, -0.05) is 6.07 Å². The number of aliphatic hydroxyl groups is 1. The molecule has 2 heterocycles. The Morgan fingerprint density at radius 3 is 2.90 bits per heavy atom. The second-order valence-corrected chi connectivity index (χ2v) is 7.83. The molecule has 0 aliphatic carbocycles. The first kappa shape index (κ1) is 21.7. The van der Waals surface area contributed by atoms with Crippen LogP contribution in [-0.2, 0) is 11.2 Å². The number of aromatic hydroxyl groups is 1. The highest BCUT2D eigenvalue weighted by Crippen LogP contribution is 2.26. The van der Waals surface area contributed by atoms with Crippen molar-refractivity contribution in [2.24, 2.45) is 0 Å². The highest BCUT2D eigenvalue weighted by atomic mass is 16.5. The van der Waals surface area contributed by atoms with Crippen molar-refractivity contribution >= 4 is 12.2 Å². The Morgan fingerprint density at radius 1 is 1.37 bits per heavy atom. The molecule has 8 nitrogen and oxygen atoms in total. The van der Waals surface area contributed by atoms with Crippen LogP contribution in [0.5, 0.6) is 11.5 Å². The van der Waals surface area contributed by atoms with E-state index in [0.717, 1.165) is 0 Å². The average molecular weight is 414 g/mol. The Hall–Kier alpha value is -2.97. The standard InChI is InChI=1S/C22H26N2O6/c1-22(2,28)11-18-16(5-4-8-23-18)21(27)24-9-10-29-13-15(24)14-30-20-7-3-6-19(26)17(20)12-25/h3-8,12,15,26,28H,9-11,13-14H2,1-2H3. The number of ether oxygens (including phenoxy) is 2. The highest BCUT2D eigenvalue weighted by Gasteiger charge is 2.31. The number of benzene rings is 1. The lowest BCUT2D eigenvalue weighted by Gasteiger charge is -2.36. The fourth-order valence-corrected chi connectivity index (χ4v) is 3.36. The second-order valence-electron chi connectivity index (χ2n) is 7.83. The topological polar surface area (TPSA) is 109 Å². The molecule has 1 saturated heterocycles. The zero-order valence-electron chi connectivity index (χ0n) is 17.1. The smallest absolute Gasteiger partial charge is 0.256 e. The first-order valence-electron chi connectivity index (χ1n) is 9.75. The van der Waals surface area contributed by atoms with Crippen LogP contribution in [0.25, 0.3) is 0 Å². The number of aromatic nitrogens is 1. The summed E-state index contributed by atoms with van der Waals surface area (Å²) in [5, 5.41) is 20.0. The molecular weight excluding hydrogens is 388 g/mol. The minimum absolute atomic E-state index is 0.0619. The molecule has 0 saturated carbocycles. The van der Waals surface area contributed by atoms with Gasteiger partial charge in [0.2, 0.25) is 0 Å². The molecule has 1 fully saturated rings. The van der Waals surface area contributed by atoms with Crippen LogP contribution in [0, 0.1) is 0 Å². The third-order valence-corrected chi connectivity index (χ3v) is 4.80. The SMILES string of the molecule is CC(C)(O)Cc1ncccc1C(=O)N1CCOCC1COc1cccc(O)c1C=O. The van der Waals surface area contributed by atoms with Gasteiger partial charge in [0.1, 0.15) is 18.1 Å². The highest BCUT2D eigenvalue weighted by molar-refractivity contribution is 5.95. The summed E-state index contributed by atoms with van der Waals surface area (Å²) < 4.78 is 11.3. The van der Waals surface area contributed by atoms with Crippen molar-refractivity contribution in [1.82, 2.24) is 9.88 Å². The maximum absolute atomic E-state index is 13.3. The number of amides is 1. The molecule has 30 heavy (non-hydrogen) atoms. The lowest BCUT2D eigenvalue weighted by atomic mass is 9.98. The van der Waals surface area contributed by atoms with Gasteiger partial charge in [-0.15, -0.1) is 0 Å². The van der Waals surface area contributed by atoms with Gasteiger partial charge in [-0.05, 0) is 38.1 Å². The zero-order chi connectivity index (χ0) is 21.7. The normalized spacial score (nSPS) is 16.9. The van der Waals surface area contributed by atoms with Gasteiger partial charge in [0, 0.05) is 19.2 Å². The molecule has 0 spiro atoms. The number of rotatable bonds is 7. The summed E-state index contributed by atoms with van der Waals surface area (Å²) >= 11 is 0. The molecule has 2 aromatic rings. The Bertz CT molecular complexity index is 909. The molecule has 2 N–H and O–H groups in total. The molecule has 1 aliphatic heterocycles. The summed E-state index contributed by atoms with van der Waals surface area (Å²) in [5.41, 5.74) is 0.0129. The van der Waals surface area contributed by atoms with Crippen molar-refractivity contribution in [2.45, 2.75) is 31.9 Å². The molecule has 3 rings (SSSR count). The van der Waals surface area contributed by atoms with Crippen molar-refractivity contribution in [1.29, 1.82) is 0 Å². The van der Waals surface area contributed by atoms with Crippen molar-refractivity contribution in [3.8, 4) is 11.5 Å². The molecule has 8 heteroatoms. The predicted molar refractivity (Wildman–Crippen MR) is 109 cm³/mol. The minimum atomic E-state index is -1.00. The first-order chi connectivity index (χ1) is 14.3. The largest absolute Gasteiger partial charge is 0.507 e. The van der Waals surface area contributed by atoms with Crippen LogP contribution in [0.4, 0.5) is 0 Å². The summed E-state index contributed by atoms with van der Waals surface area (Å²) in [7, 11) is 0. The van der Waals surface area contributed by atoms with Gasteiger partial charge >= 0.3 is 0 Å². The van der Waals surface area contributed by atoms with E-state index in [1.54, 1.807) is 49.2 Å². The van der Waals surface area contributed by atoms with Crippen LogP contribution in [-0.4, -0.2) is 70.3 Å². The number of phenols is 1. The number of carbonyl (C=O) groups is 2. The third kappa shape index (κ3) is 5.14. The van der Waals surface area contributed by atoms with Gasteiger partial charge in [0.25, 0.3) is 5.91 Å². The molecule has 1 aromatic carbocycles. The molecule has 1 aromatic heterocycles. The van der Waals surface area contributed by atoms with Gasteiger partial charge in [0.05, 0.1) is 41.7 Å². The van der Waals surface area contributed by atoms with Crippen molar-refractivity contribution < 1.29 is 29.3 Å². The van der Waals surface area contributed by atoms with E-state index in [2.05, 4.69) is 4.98 Å². The van der Waals surface area contributed by atoms with E-state index in [-0.39, 0.29) is 48.6 Å². The first-order valence-corrected chi connectivity index (χ1v) is 9.75. The fourth-order valence-electron chi connectivity index (χ4n) is 3.36. The number of nitrogens with zero attached hydrogens (tertiary/aromatic N) is 2. The lowest BCUT2D eigenvalue weighted by molar-refractivity contribution is -0.0152. The van der Waals surface area contributed by atoms with E-state index in [4.69, 9.17) is 9.47 Å². The van der Waals surface area contributed by atoms with Crippen LogP contribution in [0.1, 0.15) is 40.3 Å². The molecule has 1 amide bonds. The average Bonchev–Trinajstić information content (AvgIpc) is 2.71. The molecule has 1 atom stereocenters. The van der Waals surface area contributed by atoms with Crippen molar-refractivity contribution in [2.75, 3.05) is 26.4 Å². The van der Waals surface area contributed by atoms with Gasteiger partial charge in [-0.3, -0.25) is 14.6 Å². The third-order valence-electron chi connectivity index (χ3n) is 4.80. The number of aldehydes is 1. The van der Waals surface area contributed by atoms with E-state index in [0.29, 0.717) is 30.7 Å². The van der Waals surface area contributed by atoms with Crippen LogP contribution in [0.2, 0.25) is 0 Å². The van der Waals surface area contributed by atoms with E-state index >= 15 is 0 Å². The number of hydrogen-bond donors (Lipinski definition) is 2. The Kier molecular flexibility index (Phi) is 6.69. The van der Waals surface area contributed by atoms with Gasteiger partial charge in [0.15, 0.2) is 6.29 Å². The van der Waals surface area contributed by atoms with E-state index in [1.165, 1.54) is 6.07 Å². The molecule has 0 bridgehead atoms. The van der Waals surface area contributed by atoms with Crippen molar-refractivity contribution in [3.05, 3.63) is 53.3 Å². The van der Waals surface area contributed by atoms with Crippen molar-refractivity contribution in [3.63, 3.8) is 0 Å². The quantitative estimate of drug-likeness (QED) is 0.665. The monoisotopic (exact) mass is 414 g/mol. The number of carbonyl (C=O) groups excluding carboxylic acids is 2. The van der Waals surface area contributed by atoms with Crippen LogP contribution in [0.3, 0.4) is 0 Å². The second kappa shape index (κ2) is 9.23. The Balaban J connectivity index is 1.79. The van der Waals surface area contributed by atoms with E-state index in [9.17, 15) is 19.8 Å². The Morgan fingerprint density at radius 2 is 2.17 bits per heavy atom. The molecule has 1 aliphatic rings. The maximum Gasteiger partial charge on any atom is 0.256 e. The molecule has 0 radical (unpaired) electrons. The summed E-state index contributed by atoms with van der Waals surface area (Å²) in [4.78, 5) is 30.5. The minimum Gasteiger partial charge on any atom is -0.507 e. The molecular formula is C22H26N2O6. The summed E-state index contributed by atoms with van der Waals surface area (Å²) in [5.74, 6) is -0.139. The number of phenolic OH excluding ortho intramolecular Hbond substituents is 1. The molecule has 1 unspecified atom stereocenters. The number of pyridine rings is 1. The van der Waals surface area contributed by atoms with E-state index in [1.807, 2.05) is 0 Å². The zero-order valence-corrected chi connectivity index (χ0v) is 17.1. The summed E-state index contributed by atoms with van der Waals surface area (Å²) in [6, 6.07) is 7.57. The number of morpholine rings is 1. The van der Waals surface area contributed by atoms with Crippen LogP contribution < -0.4 is 4.74 Å². The summed E-state index contributed by atoms with van der Waals surface area (Å²) in [6.07, 6.45) is 2.37. The van der Waals surface area contributed by atoms with Gasteiger partial charge in [-0.25, -0.2) is 0 Å². The number of hydrogen-bond acceptors (Lipinski definition) is 7. The van der Waals surface area contributed by atoms with E-state index < -0.39 is 5.60 Å². The predicted octanol–water partition coefficient (Wildman–Crippen LogP) is 1.83. The molecule has 160 valence electrons.